The first-order chi connectivity index (χ1) is 12.6. The summed E-state index contributed by atoms with van der Waals surface area (Å²) in [6, 6.07) is 11.4. The van der Waals surface area contributed by atoms with E-state index in [-0.39, 0.29) is 17.9 Å². The lowest BCUT2D eigenvalue weighted by atomic mass is 9.95. The van der Waals surface area contributed by atoms with Crippen molar-refractivity contribution in [3.63, 3.8) is 0 Å². The Morgan fingerprint density at radius 3 is 2.46 bits per heavy atom. The molecule has 26 heavy (non-hydrogen) atoms. The minimum atomic E-state index is -0.272. The summed E-state index contributed by atoms with van der Waals surface area (Å²) in [6.07, 6.45) is 7.27. The van der Waals surface area contributed by atoms with Crippen LogP contribution in [0.4, 0.5) is 0 Å². The number of nitrogens with one attached hydrogen (secondary N) is 2. The maximum atomic E-state index is 12.8. The minimum Gasteiger partial charge on any atom is -0.348 e. The van der Waals surface area contributed by atoms with Crippen molar-refractivity contribution in [3.8, 4) is 0 Å². The van der Waals surface area contributed by atoms with Crippen molar-refractivity contribution in [2.45, 2.75) is 45.1 Å². The van der Waals surface area contributed by atoms with Gasteiger partial charge >= 0.3 is 0 Å². The Morgan fingerprint density at radius 2 is 1.81 bits per heavy atom. The van der Waals surface area contributed by atoms with Crippen molar-refractivity contribution in [2.75, 3.05) is 0 Å². The minimum absolute atomic E-state index is 0.194. The summed E-state index contributed by atoms with van der Waals surface area (Å²) in [6.45, 7) is 1.97. The Labute approximate surface area is 158 Å². The normalized spacial score (nSPS) is 15.5. The smallest absolute Gasteiger partial charge is 0.268 e. The molecule has 4 nitrogen and oxygen atoms in total. The maximum Gasteiger partial charge on any atom is 0.268 e. The Morgan fingerprint density at radius 1 is 1.08 bits per heavy atom. The molecule has 0 spiro atoms. The van der Waals surface area contributed by atoms with Gasteiger partial charge in [-0.3, -0.25) is 9.59 Å². The molecule has 2 amide bonds. The Hall–Kier alpha value is -2.40. The standard InChI is InChI=1S/C21H24N2O2S/c1-15-9-11-16(12-10-15)20(24)23-19(14-18-8-5-13-26-18)21(25)22-17-6-3-2-4-7-17/h5,8-14,17H,2-4,6-7H2,1H3,(H,22,25)(H,23,24). The summed E-state index contributed by atoms with van der Waals surface area (Å²) in [7, 11) is 0. The van der Waals surface area contributed by atoms with Crippen LogP contribution in [0.25, 0.3) is 6.08 Å². The van der Waals surface area contributed by atoms with Crippen molar-refractivity contribution in [1.29, 1.82) is 0 Å². The summed E-state index contributed by atoms with van der Waals surface area (Å²) in [5.74, 6) is -0.489. The molecule has 1 aromatic heterocycles. The molecule has 2 aromatic rings. The topological polar surface area (TPSA) is 58.2 Å². The molecule has 5 heteroatoms. The maximum absolute atomic E-state index is 12.8. The number of thiophene rings is 1. The van der Waals surface area contributed by atoms with Crippen LogP contribution < -0.4 is 10.6 Å². The van der Waals surface area contributed by atoms with E-state index in [1.807, 2.05) is 36.6 Å². The highest BCUT2D eigenvalue weighted by Crippen LogP contribution is 2.18. The van der Waals surface area contributed by atoms with Gasteiger partial charge in [-0.05, 0) is 49.4 Å². The number of benzene rings is 1. The first kappa shape index (κ1) is 18.4. The fourth-order valence-electron chi connectivity index (χ4n) is 3.08. The first-order valence-corrected chi connectivity index (χ1v) is 9.94. The molecule has 0 bridgehead atoms. The average Bonchev–Trinajstić information content (AvgIpc) is 3.15. The summed E-state index contributed by atoms with van der Waals surface area (Å²) in [5, 5.41) is 7.83. The van der Waals surface area contributed by atoms with E-state index in [4.69, 9.17) is 0 Å². The Bertz CT molecular complexity index is 773. The SMILES string of the molecule is Cc1ccc(C(=O)NC(=Cc2cccs2)C(=O)NC2CCCCC2)cc1. The lowest BCUT2D eigenvalue weighted by molar-refractivity contribution is -0.118. The van der Waals surface area contributed by atoms with Crippen LogP contribution in [0, 0.1) is 6.92 Å². The third kappa shape index (κ3) is 5.05. The quantitative estimate of drug-likeness (QED) is 0.774. The first-order valence-electron chi connectivity index (χ1n) is 9.06. The number of rotatable bonds is 5. The molecule has 0 radical (unpaired) electrons. The highest BCUT2D eigenvalue weighted by molar-refractivity contribution is 7.10. The molecular formula is C21H24N2O2S. The number of carbonyl (C=O) groups excluding carboxylic acids is 2. The van der Waals surface area contributed by atoms with Crippen LogP contribution in [0.15, 0.2) is 47.5 Å². The molecule has 136 valence electrons. The van der Waals surface area contributed by atoms with Gasteiger partial charge < -0.3 is 10.6 Å². The van der Waals surface area contributed by atoms with Gasteiger partial charge in [-0.1, -0.05) is 43.0 Å². The lowest BCUT2D eigenvalue weighted by Crippen LogP contribution is -2.41. The molecule has 1 aromatic carbocycles. The second-order valence-corrected chi connectivity index (χ2v) is 7.68. The van der Waals surface area contributed by atoms with Gasteiger partial charge in [-0.15, -0.1) is 11.3 Å². The van der Waals surface area contributed by atoms with Crippen LogP contribution in [-0.4, -0.2) is 17.9 Å². The van der Waals surface area contributed by atoms with E-state index in [2.05, 4.69) is 10.6 Å². The predicted molar refractivity (Wildman–Crippen MR) is 106 cm³/mol. The number of hydrogen-bond donors (Lipinski definition) is 2. The second-order valence-electron chi connectivity index (χ2n) is 6.70. The van der Waals surface area contributed by atoms with Gasteiger partial charge in [0.05, 0.1) is 0 Å². The van der Waals surface area contributed by atoms with E-state index in [1.54, 1.807) is 18.2 Å². The molecule has 0 saturated heterocycles. The molecule has 1 heterocycles. The van der Waals surface area contributed by atoms with Crippen LogP contribution in [-0.2, 0) is 4.79 Å². The van der Waals surface area contributed by atoms with Crippen LogP contribution >= 0.6 is 11.3 Å². The zero-order valence-electron chi connectivity index (χ0n) is 15.0. The fourth-order valence-corrected chi connectivity index (χ4v) is 3.74. The highest BCUT2D eigenvalue weighted by Gasteiger charge is 2.20. The lowest BCUT2D eigenvalue weighted by Gasteiger charge is -2.23. The van der Waals surface area contributed by atoms with E-state index in [0.717, 1.165) is 36.1 Å². The number of aryl methyl sites for hydroxylation is 1. The molecule has 2 N–H and O–H groups in total. The Balaban J connectivity index is 1.75. The number of hydrogen-bond acceptors (Lipinski definition) is 3. The summed E-state index contributed by atoms with van der Waals surface area (Å²) in [5.41, 5.74) is 1.92. The van der Waals surface area contributed by atoms with Gasteiger partial charge in [0.2, 0.25) is 0 Å². The van der Waals surface area contributed by atoms with Gasteiger partial charge in [0.25, 0.3) is 11.8 Å². The summed E-state index contributed by atoms with van der Waals surface area (Å²) < 4.78 is 0. The van der Waals surface area contributed by atoms with Crippen LogP contribution in [0.5, 0.6) is 0 Å². The van der Waals surface area contributed by atoms with E-state index in [0.29, 0.717) is 11.3 Å². The molecule has 1 saturated carbocycles. The average molecular weight is 369 g/mol. The molecule has 0 aliphatic heterocycles. The largest absolute Gasteiger partial charge is 0.348 e. The van der Waals surface area contributed by atoms with Crippen molar-refractivity contribution in [3.05, 3.63) is 63.5 Å². The zero-order valence-corrected chi connectivity index (χ0v) is 15.8. The second kappa shape index (κ2) is 8.81. The molecular weight excluding hydrogens is 344 g/mol. The van der Waals surface area contributed by atoms with Crippen molar-refractivity contribution < 1.29 is 9.59 Å². The van der Waals surface area contributed by atoms with Gasteiger partial charge in [0, 0.05) is 16.5 Å². The molecule has 0 atom stereocenters. The van der Waals surface area contributed by atoms with Gasteiger partial charge in [0.15, 0.2) is 0 Å². The zero-order chi connectivity index (χ0) is 18.4. The molecule has 1 fully saturated rings. The monoisotopic (exact) mass is 368 g/mol. The van der Waals surface area contributed by atoms with E-state index >= 15 is 0 Å². The van der Waals surface area contributed by atoms with E-state index in [9.17, 15) is 9.59 Å². The van der Waals surface area contributed by atoms with Crippen LogP contribution in [0.2, 0.25) is 0 Å². The molecule has 0 unspecified atom stereocenters. The number of amides is 2. The number of carbonyl (C=O) groups is 2. The van der Waals surface area contributed by atoms with Gasteiger partial charge in [-0.25, -0.2) is 0 Å². The fraction of sp³-hybridized carbons (Fsp3) is 0.333. The summed E-state index contributed by atoms with van der Waals surface area (Å²) in [4.78, 5) is 26.3. The highest BCUT2D eigenvalue weighted by atomic mass is 32.1. The van der Waals surface area contributed by atoms with Crippen molar-refractivity contribution >= 4 is 29.2 Å². The third-order valence-electron chi connectivity index (χ3n) is 4.58. The van der Waals surface area contributed by atoms with E-state index < -0.39 is 0 Å². The molecule has 3 rings (SSSR count). The van der Waals surface area contributed by atoms with Gasteiger partial charge in [0.1, 0.15) is 5.70 Å². The third-order valence-corrected chi connectivity index (χ3v) is 5.40. The van der Waals surface area contributed by atoms with Crippen LogP contribution in [0.3, 0.4) is 0 Å². The van der Waals surface area contributed by atoms with Crippen molar-refractivity contribution in [1.82, 2.24) is 10.6 Å². The Kier molecular flexibility index (Phi) is 6.23. The van der Waals surface area contributed by atoms with Gasteiger partial charge in [-0.2, -0.15) is 0 Å². The van der Waals surface area contributed by atoms with Crippen LogP contribution in [0.1, 0.15) is 52.9 Å². The molecule has 1 aliphatic carbocycles. The van der Waals surface area contributed by atoms with Crippen molar-refractivity contribution in [2.24, 2.45) is 0 Å². The molecule has 1 aliphatic rings. The summed E-state index contributed by atoms with van der Waals surface area (Å²) >= 11 is 1.53. The van der Waals surface area contributed by atoms with E-state index in [1.165, 1.54) is 17.8 Å². The predicted octanol–water partition coefficient (Wildman–Crippen LogP) is 4.28.